The summed E-state index contributed by atoms with van der Waals surface area (Å²) in [6.45, 7) is 6.63. The van der Waals surface area contributed by atoms with Crippen molar-refractivity contribution >= 4 is 17.5 Å². The first-order chi connectivity index (χ1) is 13.8. The van der Waals surface area contributed by atoms with Crippen molar-refractivity contribution < 1.29 is 9.90 Å². The average molecular weight is 410 g/mol. The minimum absolute atomic E-state index is 0.179. The van der Waals surface area contributed by atoms with Gasteiger partial charge in [-0.3, -0.25) is 4.79 Å². The Kier molecular flexibility index (Phi) is 4.97. The van der Waals surface area contributed by atoms with Gasteiger partial charge in [0, 0.05) is 12.2 Å². The van der Waals surface area contributed by atoms with E-state index in [1.807, 2.05) is 57.2 Å². The van der Waals surface area contributed by atoms with E-state index in [2.05, 4.69) is 5.10 Å². The van der Waals surface area contributed by atoms with Crippen LogP contribution in [-0.4, -0.2) is 38.8 Å². The number of halogens is 1. The number of carbonyl (C=O) groups excluding carboxylic acids is 1. The molecular weight excluding hydrogens is 386 g/mol. The summed E-state index contributed by atoms with van der Waals surface area (Å²) in [5, 5.41) is 16.0. The molecule has 29 heavy (non-hydrogen) atoms. The highest BCUT2D eigenvalue weighted by atomic mass is 35.5. The van der Waals surface area contributed by atoms with Crippen LogP contribution in [0.25, 0.3) is 5.69 Å². The fourth-order valence-electron chi connectivity index (χ4n) is 3.94. The molecule has 0 bridgehead atoms. The number of aromatic nitrogens is 2. The first kappa shape index (κ1) is 19.7. The largest absolute Gasteiger partial charge is 0.383 e. The highest BCUT2D eigenvalue weighted by Gasteiger charge is 2.40. The molecule has 1 aromatic heterocycles. The second kappa shape index (κ2) is 7.32. The van der Waals surface area contributed by atoms with E-state index in [1.54, 1.807) is 21.7 Å². The van der Waals surface area contributed by atoms with Gasteiger partial charge >= 0.3 is 0 Å². The maximum atomic E-state index is 13.2. The monoisotopic (exact) mass is 409 g/mol. The predicted molar refractivity (Wildman–Crippen MR) is 114 cm³/mol. The highest BCUT2D eigenvalue weighted by Crippen LogP contribution is 2.34. The Labute approximate surface area is 175 Å². The lowest BCUT2D eigenvalue weighted by molar-refractivity contribution is 0.0417. The van der Waals surface area contributed by atoms with E-state index in [1.165, 1.54) is 0 Å². The number of hydrogen-bond acceptors (Lipinski definition) is 3. The standard InChI is InChI=1S/C23H24ClN3O2/c1-15-4-6-18(7-5-15)23(29)10-11-26(14-23)22(28)20-13-19(8-9-21(20)24)27-17(3)12-16(2)25-27/h4-9,12-13,29H,10-11,14H2,1-3H3/t23-/m1/s1. The van der Waals surface area contributed by atoms with Crippen molar-refractivity contribution in [1.29, 1.82) is 0 Å². The van der Waals surface area contributed by atoms with Crippen molar-refractivity contribution in [2.24, 2.45) is 0 Å². The number of β-amino-alcohol motifs (C(OH)–C–C–N with tert-alkyl or cyclic N) is 1. The second-order valence-corrected chi connectivity index (χ2v) is 8.28. The predicted octanol–water partition coefficient (Wildman–Crippen LogP) is 4.18. The van der Waals surface area contributed by atoms with Crippen LogP contribution in [0.4, 0.5) is 0 Å². The zero-order chi connectivity index (χ0) is 20.8. The summed E-state index contributed by atoms with van der Waals surface area (Å²) >= 11 is 6.37. The van der Waals surface area contributed by atoms with Crippen LogP contribution in [0.2, 0.25) is 5.02 Å². The van der Waals surface area contributed by atoms with E-state index in [0.717, 1.165) is 28.2 Å². The van der Waals surface area contributed by atoms with Gasteiger partial charge in [0.25, 0.3) is 5.91 Å². The van der Waals surface area contributed by atoms with Crippen LogP contribution in [0.3, 0.4) is 0 Å². The molecule has 2 aromatic carbocycles. The van der Waals surface area contributed by atoms with Crippen LogP contribution in [0.1, 0.15) is 39.3 Å². The molecule has 150 valence electrons. The van der Waals surface area contributed by atoms with Crippen LogP contribution in [-0.2, 0) is 5.60 Å². The van der Waals surface area contributed by atoms with Crippen molar-refractivity contribution in [3.05, 3.63) is 81.6 Å². The number of carbonyl (C=O) groups is 1. The van der Waals surface area contributed by atoms with Crippen molar-refractivity contribution in [1.82, 2.24) is 14.7 Å². The van der Waals surface area contributed by atoms with Crippen molar-refractivity contribution in [3.63, 3.8) is 0 Å². The third-order valence-corrected chi connectivity index (χ3v) is 5.89. The Morgan fingerprint density at radius 1 is 1.10 bits per heavy atom. The molecule has 1 amide bonds. The molecule has 1 atom stereocenters. The number of likely N-dealkylation sites (tertiary alicyclic amines) is 1. The topological polar surface area (TPSA) is 58.4 Å². The summed E-state index contributed by atoms with van der Waals surface area (Å²) in [5.41, 5.74) is 4.03. The van der Waals surface area contributed by atoms with Gasteiger partial charge in [0.2, 0.25) is 0 Å². The zero-order valence-corrected chi connectivity index (χ0v) is 17.6. The molecule has 0 radical (unpaired) electrons. The Hall–Kier alpha value is -2.63. The van der Waals surface area contributed by atoms with E-state index in [4.69, 9.17) is 11.6 Å². The summed E-state index contributed by atoms with van der Waals surface area (Å²) in [5.74, 6) is -0.179. The molecule has 4 rings (SSSR count). The molecule has 1 fully saturated rings. The van der Waals surface area contributed by atoms with Gasteiger partial charge in [0.05, 0.1) is 28.5 Å². The van der Waals surface area contributed by atoms with E-state index in [9.17, 15) is 9.90 Å². The Balaban J connectivity index is 1.61. The van der Waals surface area contributed by atoms with Crippen molar-refractivity contribution in [3.8, 4) is 5.69 Å². The first-order valence-electron chi connectivity index (χ1n) is 9.69. The minimum Gasteiger partial charge on any atom is -0.383 e. The Bertz CT molecular complexity index is 1070. The first-order valence-corrected chi connectivity index (χ1v) is 10.1. The average Bonchev–Trinajstić information content (AvgIpc) is 3.25. The maximum absolute atomic E-state index is 13.2. The molecule has 1 aliphatic rings. The lowest BCUT2D eigenvalue weighted by atomic mass is 9.92. The van der Waals surface area contributed by atoms with Crippen LogP contribution >= 0.6 is 11.6 Å². The molecular formula is C23H24ClN3O2. The number of benzene rings is 2. The van der Waals surface area contributed by atoms with E-state index < -0.39 is 5.60 Å². The van der Waals surface area contributed by atoms with E-state index >= 15 is 0 Å². The number of hydrogen-bond donors (Lipinski definition) is 1. The molecule has 5 nitrogen and oxygen atoms in total. The van der Waals surface area contributed by atoms with Gasteiger partial charge in [0.15, 0.2) is 0 Å². The molecule has 2 heterocycles. The molecule has 0 aliphatic carbocycles. The summed E-state index contributed by atoms with van der Waals surface area (Å²) in [6, 6.07) is 15.2. The number of amides is 1. The summed E-state index contributed by atoms with van der Waals surface area (Å²) in [4.78, 5) is 14.9. The van der Waals surface area contributed by atoms with Gasteiger partial charge in [-0.25, -0.2) is 4.68 Å². The van der Waals surface area contributed by atoms with Crippen LogP contribution in [0.5, 0.6) is 0 Å². The van der Waals surface area contributed by atoms with Crippen LogP contribution in [0, 0.1) is 20.8 Å². The fraction of sp³-hybridized carbons (Fsp3) is 0.304. The molecule has 1 saturated heterocycles. The molecule has 6 heteroatoms. The fourth-order valence-corrected chi connectivity index (χ4v) is 4.13. The maximum Gasteiger partial charge on any atom is 0.255 e. The number of nitrogens with zero attached hydrogens (tertiary/aromatic N) is 3. The normalized spacial score (nSPS) is 19.0. The van der Waals surface area contributed by atoms with Gasteiger partial charge in [-0.15, -0.1) is 0 Å². The Morgan fingerprint density at radius 3 is 2.48 bits per heavy atom. The third kappa shape index (κ3) is 3.68. The highest BCUT2D eigenvalue weighted by molar-refractivity contribution is 6.33. The summed E-state index contributed by atoms with van der Waals surface area (Å²) in [7, 11) is 0. The van der Waals surface area contributed by atoms with Crippen LogP contribution < -0.4 is 0 Å². The number of rotatable bonds is 3. The van der Waals surface area contributed by atoms with Crippen LogP contribution in [0.15, 0.2) is 48.5 Å². The summed E-state index contributed by atoms with van der Waals surface area (Å²) in [6.07, 6.45) is 0.497. The molecule has 3 aromatic rings. The SMILES string of the molecule is Cc1ccc([C@@]2(O)CCN(C(=O)c3cc(-n4nc(C)cc4C)ccc3Cl)C2)cc1. The van der Waals surface area contributed by atoms with E-state index in [0.29, 0.717) is 23.6 Å². The lowest BCUT2D eigenvalue weighted by Gasteiger charge is -2.24. The lowest BCUT2D eigenvalue weighted by Crippen LogP contribution is -2.34. The smallest absolute Gasteiger partial charge is 0.255 e. The van der Waals surface area contributed by atoms with Crippen molar-refractivity contribution in [2.45, 2.75) is 32.8 Å². The quantitative estimate of drug-likeness (QED) is 0.705. The van der Waals surface area contributed by atoms with E-state index in [-0.39, 0.29) is 12.5 Å². The van der Waals surface area contributed by atoms with Gasteiger partial charge in [0.1, 0.15) is 5.60 Å². The van der Waals surface area contributed by atoms with Gasteiger partial charge in [-0.2, -0.15) is 5.10 Å². The third-order valence-electron chi connectivity index (χ3n) is 5.56. The van der Waals surface area contributed by atoms with Gasteiger partial charge in [-0.1, -0.05) is 41.4 Å². The molecule has 1 N–H and O–H groups in total. The number of aryl methyl sites for hydroxylation is 3. The minimum atomic E-state index is -1.04. The van der Waals surface area contributed by atoms with Crippen molar-refractivity contribution in [2.75, 3.05) is 13.1 Å². The number of aliphatic hydroxyl groups is 1. The molecule has 1 aliphatic heterocycles. The molecule has 0 spiro atoms. The van der Waals surface area contributed by atoms with Gasteiger partial charge in [-0.05, 0) is 57.0 Å². The molecule has 0 unspecified atom stereocenters. The second-order valence-electron chi connectivity index (χ2n) is 7.88. The Morgan fingerprint density at radius 2 is 1.83 bits per heavy atom. The zero-order valence-electron chi connectivity index (χ0n) is 16.8. The summed E-state index contributed by atoms with van der Waals surface area (Å²) < 4.78 is 1.80. The van der Waals surface area contributed by atoms with Gasteiger partial charge < -0.3 is 10.0 Å². The molecule has 0 saturated carbocycles.